The van der Waals surface area contributed by atoms with Crippen LogP contribution in [0, 0.1) is 5.92 Å². The molecule has 0 bridgehead atoms. The molecule has 2 heterocycles. The number of rotatable bonds is 2. The Kier molecular flexibility index (Phi) is 4.36. The van der Waals surface area contributed by atoms with Gasteiger partial charge in [-0.1, -0.05) is 11.6 Å². The van der Waals surface area contributed by atoms with Gasteiger partial charge in [0.25, 0.3) is 5.91 Å². The summed E-state index contributed by atoms with van der Waals surface area (Å²) in [5.41, 5.74) is 0.410. The van der Waals surface area contributed by atoms with Gasteiger partial charge in [0, 0.05) is 12.6 Å². The second-order valence-electron chi connectivity index (χ2n) is 5.98. The largest absolute Gasteiger partial charge is 0.508 e. The quantitative estimate of drug-likeness (QED) is 0.883. The average Bonchev–Trinajstić information content (AvgIpc) is 2.99. The van der Waals surface area contributed by atoms with Gasteiger partial charge in [-0.3, -0.25) is 4.79 Å². The van der Waals surface area contributed by atoms with Crippen LogP contribution in [0.3, 0.4) is 0 Å². The van der Waals surface area contributed by atoms with Crippen LogP contribution < -0.4 is 5.32 Å². The second-order valence-corrected chi connectivity index (χ2v) is 6.39. The SMILES string of the molecule is O=C(c1cc(O)ccc1Cl)N1CCCC1C1CCCNC1. The van der Waals surface area contributed by atoms with Crippen LogP contribution in [0.4, 0.5) is 0 Å². The van der Waals surface area contributed by atoms with Gasteiger partial charge >= 0.3 is 0 Å². The van der Waals surface area contributed by atoms with Gasteiger partial charge in [-0.15, -0.1) is 0 Å². The Morgan fingerprint density at radius 1 is 1.33 bits per heavy atom. The third-order valence-corrected chi connectivity index (χ3v) is 4.95. The first-order valence-electron chi connectivity index (χ1n) is 7.67. The van der Waals surface area contributed by atoms with Crippen LogP contribution in [0.5, 0.6) is 5.75 Å². The molecule has 2 atom stereocenters. The number of hydrogen-bond donors (Lipinski definition) is 2. The number of phenols is 1. The average molecular weight is 309 g/mol. The summed E-state index contributed by atoms with van der Waals surface area (Å²) in [6.45, 7) is 2.85. The van der Waals surface area contributed by atoms with Crippen molar-refractivity contribution in [2.24, 2.45) is 5.92 Å². The molecule has 0 aliphatic carbocycles. The maximum Gasteiger partial charge on any atom is 0.255 e. The zero-order valence-corrected chi connectivity index (χ0v) is 12.8. The standard InChI is InChI=1S/C16H21ClN2O2/c17-14-6-5-12(20)9-13(14)16(21)19-8-2-4-15(19)11-3-1-7-18-10-11/h5-6,9,11,15,18,20H,1-4,7-8,10H2. The van der Waals surface area contributed by atoms with Gasteiger partial charge < -0.3 is 15.3 Å². The molecular weight excluding hydrogens is 288 g/mol. The smallest absolute Gasteiger partial charge is 0.255 e. The second kappa shape index (κ2) is 6.24. The number of piperidine rings is 1. The third kappa shape index (κ3) is 3.01. The van der Waals surface area contributed by atoms with Crippen molar-refractivity contribution in [2.45, 2.75) is 31.7 Å². The maximum atomic E-state index is 12.8. The van der Waals surface area contributed by atoms with Crippen LogP contribution in [0.1, 0.15) is 36.0 Å². The van der Waals surface area contributed by atoms with E-state index in [4.69, 9.17) is 11.6 Å². The van der Waals surface area contributed by atoms with E-state index < -0.39 is 0 Å². The minimum absolute atomic E-state index is 0.0519. The van der Waals surface area contributed by atoms with Gasteiger partial charge in [-0.25, -0.2) is 0 Å². The van der Waals surface area contributed by atoms with Crippen LogP contribution >= 0.6 is 11.6 Å². The van der Waals surface area contributed by atoms with Gasteiger partial charge in [0.1, 0.15) is 5.75 Å². The Labute approximate surface area is 130 Å². The molecule has 2 N–H and O–H groups in total. The van der Waals surface area contributed by atoms with Crippen molar-refractivity contribution in [1.82, 2.24) is 10.2 Å². The fourth-order valence-electron chi connectivity index (χ4n) is 3.57. The number of halogens is 1. The van der Waals surface area contributed by atoms with E-state index in [9.17, 15) is 9.90 Å². The van der Waals surface area contributed by atoms with Crippen LogP contribution in [-0.2, 0) is 0 Å². The summed E-state index contributed by atoms with van der Waals surface area (Å²) in [4.78, 5) is 14.7. The number of likely N-dealkylation sites (tertiary alicyclic amines) is 1. The number of amides is 1. The number of carbonyl (C=O) groups is 1. The van der Waals surface area contributed by atoms with Crippen LogP contribution in [-0.4, -0.2) is 41.6 Å². The summed E-state index contributed by atoms with van der Waals surface area (Å²) < 4.78 is 0. The Bertz CT molecular complexity index is 529. The summed E-state index contributed by atoms with van der Waals surface area (Å²) in [5.74, 6) is 0.558. The lowest BCUT2D eigenvalue weighted by molar-refractivity contribution is 0.0670. The number of nitrogens with one attached hydrogen (secondary N) is 1. The van der Waals surface area contributed by atoms with E-state index in [1.54, 1.807) is 6.07 Å². The lowest BCUT2D eigenvalue weighted by atomic mass is 9.90. The molecule has 1 aromatic rings. The summed E-state index contributed by atoms with van der Waals surface area (Å²) in [6.07, 6.45) is 4.46. The minimum atomic E-state index is -0.0519. The fourth-order valence-corrected chi connectivity index (χ4v) is 3.77. The topological polar surface area (TPSA) is 52.6 Å². The Hall–Kier alpha value is -1.26. The number of phenolic OH excluding ortho intramolecular Hbond substituents is 1. The Morgan fingerprint density at radius 2 is 2.19 bits per heavy atom. The van der Waals surface area contributed by atoms with E-state index >= 15 is 0 Å². The van der Waals surface area contributed by atoms with E-state index in [-0.39, 0.29) is 11.7 Å². The van der Waals surface area contributed by atoms with Crippen molar-refractivity contribution >= 4 is 17.5 Å². The van der Waals surface area contributed by atoms with Gasteiger partial charge in [0.05, 0.1) is 10.6 Å². The maximum absolute atomic E-state index is 12.8. The summed E-state index contributed by atoms with van der Waals surface area (Å²) in [6, 6.07) is 4.85. The highest BCUT2D eigenvalue weighted by atomic mass is 35.5. The van der Waals surface area contributed by atoms with Crippen molar-refractivity contribution in [1.29, 1.82) is 0 Å². The van der Waals surface area contributed by atoms with Gasteiger partial charge in [-0.2, -0.15) is 0 Å². The van der Waals surface area contributed by atoms with Gasteiger partial charge in [0.15, 0.2) is 0 Å². The molecule has 3 rings (SSSR count). The number of carbonyl (C=O) groups excluding carboxylic acids is 1. The van der Waals surface area contributed by atoms with E-state index in [1.165, 1.54) is 25.0 Å². The lowest BCUT2D eigenvalue weighted by Crippen LogP contribution is -2.45. The molecule has 2 saturated heterocycles. The molecule has 2 unspecified atom stereocenters. The van der Waals surface area contributed by atoms with Crippen LogP contribution in [0.25, 0.3) is 0 Å². The van der Waals surface area contributed by atoms with Crippen molar-refractivity contribution in [2.75, 3.05) is 19.6 Å². The van der Waals surface area contributed by atoms with E-state index in [0.29, 0.717) is 22.5 Å². The number of benzene rings is 1. The molecular formula is C16H21ClN2O2. The first kappa shape index (κ1) is 14.7. The van der Waals surface area contributed by atoms with E-state index in [1.807, 2.05) is 4.90 Å². The molecule has 2 fully saturated rings. The normalized spacial score (nSPS) is 26.0. The molecule has 1 amide bonds. The molecule has 4 nitrogen and oxygen atoms in total. The van der Waals surface area contributed by atoms with Crippen molar-refractivity contribution in [3.8, 4) is 5.75 Å². The Morgan fingerprint density at radius 3 is 2.95 bits per heavy atom. The van der Waals surface area contributed by atoms with Crippen LogP contribution in [0.2, 0.25) is 5.02 Å². The number of nitrogens with zero attached hydrogens (tertiary/aromatic N) is 1. The molecule has 2 aliphatic heterocycles. The predicted molar refractivity (Wildman–Crippen MR) is 82.8 cm³/mol. The molecule has 2 aliphatic rings. The molecule has 0 aromatic heterocycles. The monoisotopic (exact) mass is 308 g/mol. The molecule has 0 spiro atoms. The fraction of sp³-hybridized carbons (Fsp3) is 0.562. The predicted octanol–water partition coefficient (Wildman–Crippen LogP) is 2.65. The molecule has 114 valence electrons. The van der Waals surface area contributed by atoms with E-state index in [0.717, 1.165) is 32.5 Å². The highest BCUT2D eigenvalue weighted by Crippen LogP contribution is 2.31. The number of aromatic hydroxyl groups is 1. The minimum Gasteiger partial charge on any atom is -0.508 e. The molecule has 1 aromatic carbocycles. The molecule has 21 heavy (non-hydrogen) atoms. The van der Waals surface area contributed by atoms with Crippen LogP contribution in [0.15, 0.2) is 18.2 Å². The summed E-state index contributed by atoms with van der Waals surface area (Å²) in [5, 5.41) is 13.4. The first-order chi connectivity index (χ1) is 10.2. The van der Waals surface area contributed by atoms with Crippen molar-refractivity contribution in [3.63, 3.8) is 0 Å². The number of hydrogen-bond acceptors (Lipinski definition) is 3. The van der Waals surface area contributed by atoms with Crippen molar-refractivity contribution in [3.05, 3.63) is 28.8 Å². The molecule has 5 heteroatoms. The summed E-state index contributed by atoms with van der Waals surface area (Å²) in [7, 11) is 0. The highest BCUT2D eigenvalue weighted by molar-refractivity contribution is 6.33. The Balaban J connectivity index is 1.80. The zero-order chi connectivity index (χ0) is 14.8. The molecule has 0 saturated carbocycles. The zero-order valence-electron chi connectivity index (χ0n) is 12.0. The summed E-state index contributed by atoms with van der Waals surface area (Å²) >= 11 is 6.13. The lowest BCUT2D eigenvalue weighted by Gasteiger charge is -2.34. The highest BCUT2D eigenvalue weighted by Gasteiger charge is 2.36. The van der Waals surface area contributed by atoms with Crippen molar-refractivity contribution < 1.29 is 9.90 Å². The first-order valence-corrected chi connectivity index (χ1v) is 8.05. The molecule has 0 radical (unpaired) electrons. The van der Waals surface area contributed by atoms with Gasteiger partial charge in [-0.05, 0) is 62.9 Å². The van der Waals surface area contributed by atoms with E-state index in [2.05, 4.69) is 5.32 Å². The third-order valence-electron chi connectivity index (χ3n) is 4.62. The van der Waals surface area contributed by atoms with Gasteiger partial charge in [0.2, 0.25) is 0 Å².